The third-order valence-corrected chi connectivity index (χ3v) is 15.1. The number of aryl methyl sites for hydroxylation is 1. The molecule has 2 bridgehead atoms. The number of aliphatic hydroxyl groups excluding tert-OH is 1. The molecule has 2 saturated heterocycles. The van der Waals surface area contributed by atoms with Gasteiger partial charge in [0.1, 0.15) is 11.6 Å². The van der Waals surface area contributed by atoms with Crippen LogP contribution in [0.15, 0.2) is 48.3 Å². The molecule has 0 radical (unpaired) electrons. The van der Waals surface area contributed by atoms with Gasteiger partial charge >= 0.3 is 0 Å². The summed E-state index contributed by atoms with van der Waals surface area (Å²) in [6.07, 6.45) is 5.15. The number of benzene rings is 2. The van der Waals surface area contributed by atoms with E-state index in [4.69, 9.17) is 21.1 Å². The van der Waals surface area contributed by atoms with Crippen molar-refractivity contribution in [3.8, 4) is 5.75 Å². The van der Waals surface area contributed by atoms with Gasteiger partial charge in [0.25, 0.3) is 11.8 Å². The van der Waals surface area contributed by atoms with E-state index in [1.165, 1.54) is 17.9 Å². The quantitative estimate of drug-likeness (QED) is 0.455. The van der Waals surface area contributed by atoms with Crippen molar-refractivity contribution in [3.63, 3.8) is 0 Å². The summed E-state index contributed by atoms with van der Waals surface area (Å²) in [5.41, 5.74) is 0.560. The number of carbonyl (C=O) groups is 2. The van der Waals surface area contributed by atoms with Crippen LogP contribution in [0.25, 0.3) is 0 Å². The van der Waals surface area contributed by atoms with E-state index in [0.29, 0.717) is 81.8 Å². The zero-order chi connectivity index (χ0) is 39.8. The number of fused-ring (bicyclic) bond motifs is 4. The largest absolute Gasteiger partial charge is 0.490 e. The Morgan fingerprint density at radius 2 is 1.91 bits per heavy atom. The number of nitrogens with zero attached hydrogens (tertiary/aromatic N) is 4. The first-order valence-electron chi connectivity index (χ1n) is 19.9. The van der Waals surface area contributed by atoms with E-state index < -0.39 is 56.4 Å². The van der Waals surface area contributed by atoms with Crippen molar-refractivity contribution in [1.29, 1.82) is 0 Å². The molecule has 1 unspecified atom stereocenters. The highest BCUT2D eigenvalue weighted by Crippen LogP contribution is 2.46. The van der Waals surface area contributed by atoms with E-state index in [0.717, 1.165) is 43.5 Å². The normalized spacial score (nSPS) is 31.0. The van der Waals surface area contributed by atoms with E-state index in [2.05, 4.69) is 20.6 Å². The van der Waals surface area contributed by atoms with E-state index in [-0.39, 0.29) is 18.0 Å². The number of sulfonamides is 1. The maximum Gasteiger partial charge on any atom is 0.264 e. The predicted octanol–water partition coefficient (Wildman–Crippen LogP) is 4.14. The van der Waals surface area contributed by atoms with Gasteiger partial charge in [-0.1, -0.05) is 24.6 Å². The fourth-order valence-corrected chi connectivity index (χ4v) is 10.9. The number of carbonyl (C=O) groups excluding carboxylic acids is 2. The Labute approximate surface area is 335 Å². The molecule has 2 aromatic carbocycles. The zero-order valence-corrected chi connectivity index (χ0v) is 34.2. The molecule has 1 spiro atoms. The standard InChI is InChI=1S/C41H55ClFN5O7S/c1-28-8-13-37(43)41(26-49,39(51)45(3)16-17-46-18-20-54-21-19-46)48-15-5-7-33(48)24-47-25-40(14-4-6-30-22-32(42)10-11-34(30)40)27-55-36-12-9-31(23-35(36)47)38(50)44-56(52,53)29(28)2/h9-13,22-23,28-29,33,49H,4-8,14-21,24-27H2,1-3H3,(H,44,50)/b37-13-/t28-,29+,33-,40-,41?/m0/s1. The summed E-state index contributed by atoms with van der Waals surface area (Å²) < 4.78 is 58.9. The number of hydrogen-bond donors (Lipinski definition) is 2. The summed E-state index contributed by atoms with van der Waals surface area (Å²) in [6, 6.07) is 10.6. The number of likely N-dealkylation sites (N-methyl/N-ethyl adjacent to an activating group) is 1. The van der Waals surface area contributed by atoms with E-state index in [1.54, 1.807) is 32.2 Å². The fraction of sp³-hybridized carbons (Fsp3) is 0.610. The number of halogens is 2. The maximum atomic E-state index is 17.3. The monoisotopic (exact) mass is 815 g/mol. The Hall–Kier alpha value is -3.27. The molecule has 0 aromatic heterocycles. The molecule has 2 N–H and O–H groups in total. The molecule has 4 heterocycles. The van der Waals surface area contributed by atoms with Crippen LogP contribution in [0, 0.1) is 5.92 Å². The Bertz CT molecular complexity index is 1950. The minimum atomic E-state index is -4.21. The molecule has 5 atom stereocenters. The van der Waals surface area contributed by atoms with Gasteiger partial charge in [0.2, 0.25) is 10.0 Å². The van der Waals surface area contributed by atoms with Crippen LogP contribution in [0.3, 0.4) is 0 Å². The van der Waals surface area contributed by atoms with Gasteiger partial charge in [0, 0.05) is 74.9 Å². The fourth-order valence-electron chi connectivity index (χ4n) is 9.40. The molecule has 5 aliphatic rings. The first-order valence-corrected chi connectivity index (χ1v) is 21.9. The molecule has 4 aliphatic heterocycles. The second-order valence-corrected chi connectivity index (χ2v) is 18.9. The van der Waals surface area contributed by atoms with Crippen LogP contribution < -0.4 is 14.4 Å². The molecule has 7 rings (SSSR count). The zero-order valence-electron chi connectivity index (χ0n) is 32.6. The van der Waals surface area contributed by atoms with E-state index >= 15 is 4.39 Å². The number of allylic oxidation sites excluding steroid dienone is 1. The number of rotatable bonds is 5. The molecule has 12 nitrogen and oxygen atoms in total. The van der Waals surface area contributed by atoms with Crippen molar-refractivity contribution in [2.24, 2.45) is 5.92 Å². The third kappa shape index (κ3) is 7.81. The number of aliphatic hydroxyl groups is 1. The number of morpholine rings is 1. The van der Waals surface area contributed by atoms with Gasteiger partial charge in [-0.3, -0.25) is 19.4 Å². The lowest BCUT2D eigenvalue weighted by Gasteiger charge is -2.46. The Morgan fingerprint density at radius 1 is 1.12 bits per heavy atom. The topological polar surface area (TPSA) is 132 Å². The number of amides is 2. The van der Waals surface area contributed by atoms with Crippen LogP contribution in [0.5, 0.6) is 5.75 Å². The highest BCUT2D eigenvalue weighted by Gasteiger charge is 2.54. The second kappa shape index (κ2) is 16.5. The van der Waals surface area contributed by atoms with E-state index in [1.807, 2.05) is 17.0 Å². The predicted molar refractivity (Wildman–Crippen MR) is 213 cm³/mol. The summed E-state index contributed by atoms with van der Waals surface area (Å²) in [6.45, 7) is 7.46. The van der Waals surface area contributed by atoms with Gasteiger partial charge in [-0.15, -0.1) is 0 Å². The van der Waals surface area contributed by atoms with Crippen LogP contribution in [0.2, 0.25) is 5.02 Å². The number of hydrogen-bond acceptors (Lipinski definition) is 10. The molecule has 0 saturated carbocycles. The summed E-state index contributed by atoms with van der Waals surface area (Å²) in [7, 11) is -2.56. The van der Waals surface area contributed by atoms with Gasteiger partial charge < -0.3 is 24.4 Å². The van der Waals surface area contributed by atoms with Crippen molar-refractivity contribution in [3.05, 3.63) is 70.0 Å². The van der Waals surface area contributed by atoms with Gasteiger partial charge in [-0.25, -0.2) is 17.5 Å². The average Bonchev–Trinajstić information content (AvgIpc) is 3.60. The van der Waals surface area contributed by atoms with Crippen molar-refractivity contribution in [1.82, 2.24) is 19.4 Å². The molecule has 1 aliphatic carbocycles. The van der Waals surface area contributed by atoms with Crippen LogP contribution in [-0.4, -0.2) is 136 Å². The minimum absolute atomic E-state index is 0.0403. The van der Waals surface area contributed by atoms with Crippen LogP contribution in [0.4, 0.5) is 10.1 Å². The van der Waals surface area contributed by atoms with Crippen molar-refractivity contribution in [2.45, 2.75) is 74.6 Å². The number of ether oxygens (including phenoxy) is 2. The van der Waals surface area contributed by atoms with Crippen molar-refractivity contribution >= 4 is 39.1 Å². The number of anilines is 1. The highest BCUT2D eigenvalue weighted by molar-refractivity contribution is 7.90. The van der Waals surface area contributed by atoms with Gasteiger partial charge in [0.05, 0.1) is 37.4 Å². The Balaban J connectivity index is 1.33. The lowest BCUT2D eigenvalue weighted by molar-refractivity contribution is -0.146. The SMILES string of the molecule is C[C@@H]1[C@@H](C)C/C=C(\F)C(CO)(C(=O)N(C)CCN2CCOCC2)N2CCC[C@H]2CN2C[C@@]3(CCCc4cc(Cl)ccc43)COc3ccc(cc32)C(=O)NS1(=O)=O. The lowest BCUT2D eigenvalue weighted by atomic mass is 9.70. The maximum absolute atomic E-state index is 17.3. The third-order valence-electron chi connectivity index (χ3n) is 13.0. The molecule has 15 heteroatoms. The van der Waals surface area contributed by atoms with Gasteiger partial charge in [-0.2, -0.15) is 0 Å². The smallest absolute Gasteiger partial charge is 0.264 e. The van der Waals surface area contributed by atoms with E-state index in [9.17, 15) is 23.1 Å². The lowest BCUT2D eigenvalue weighted by Crippen LogP contribution is -2.65. The van der Waals surface area contributed by atoms with Crippen LogP contribution in [-0.2, 0) is 31.4 Å². The molecule has 2 amide bonds. The molecule has 2 aromatic rings. The Morgan fingerprint density at radius 3 is 2.68 bits per heavy atom. The number of nitrogens with one attached hydrogen (secondary N) is 1. The highest BCUT2D eigenvalue weighted by atomic mass is 35.5. The van der Waals surface area contributed by atoms with Crippen molar-refractivity contribution < 1.29 is 37.0 Å². The molecular formula is C41H55ClFN5O7S. The molecule has 56 heavy (non-hydrogen) atoms. The first-order chi connectivity index (χ1) is 26.8. The summed E-state index contributed by atoms with van der Waals surface area (Å²) >= 11 is 6.47. The summed E-state index contributed by atoms with van der Waals surface area (Å²) in [5, 5.41) is 11.0. The summed E-state index contributed by atoms with van der Waals surface area (Å²) in [5.74, 6) is -2.22. The minimum Gasteiger partial charge on any atom is -0.490 e. The molecule has 2 fully saturated rings. The van der Waals surface area contributed by atoms with Crippen LogP contribution in [0.1, 0.15) is 67.4 Å². The second-order valence-electron chi connectivity index (χ2n) is 16.4. The van der Waals surface area contributed by atoms with Gasteiger partial charge in [0.15, 0.2) is 5.54 Å². The average molecular weight is 816 g/mol. The van der Waals surface area contributed by atoms with Crippen molar-refractivity contribution in [2.75, 3.05) is 84.2 Å². The Kier molecular flexibility index (Phi) is 12.1. The summed E-state index contributed by atoms with van der Waals surface area (Å²) in [4.78, 5) is 36.2. The van der Waals surface area contributed by atoms with Crippen LogP contribution >= 0.6 is 11.6 Å². The molecular weight excluding hydrogens is 761 g/mol. The molecule has 306 valence electrons. The van der Waals surface area contributed by atoms with Gasteiger partial charge in [-0.05, 0) is 98.9 Å². The first kappa shape index (κ1) is 40.9.